The van der Waals surface area contributed by atoms with Crippen LogP contribution in [0.3, 0.4) is 0 Å². The summed E-state index contributed by atoms with van der Waals surface area (Å²) in [6.45, 7) is 3.79. The Morgan fingerprint density at radius 2 is 2.31 bits per heavy atom. The molecule has 5 nitrogen and oxygen atoms in total. The molecule has 0 aliphatic carbocycles. The molecule has 0 aromatic carbocycles. The molecular weight excluding hydrogens is 208 g/mol. The summed E-state index contributed by atoms with van der Waals surface area (Å²) in [5.41, 5.74) is 0. The maximum absolute atomic E-state index is 11.8. The second-order valence-electron chi connectivity index (χ2n) is 4.63. The van der Waals surface area contributed by atoms with Crippen molar-refractivity contribution in [3.63, 3.8) is 0 Å². The number of piperazine rings is 1. The molecule has 0 saturated carbocycles. The Morgan fingerprint density at radius 3 is 3.00 bits per heavy atom. The van der Waals surface area contributed by atoms with Crippen LogP contribution in [0.5, 0.6) is 0 Å². The average Bonchev–Trinajstić information content (AvgIpc) is 2.21. The van der Waals surface area contributed by atoms with Gasteiger partial charge in [0, 0.05) is 25.2 Å². The van der Waals surface area contributed by atoms with Crippen molar-refractivity contribution in [3.05, 3.63) is 0 Å². The fourth-order valence-corrected chi connectivity index (χ4v) is 2.82. The number of ether oxygens (including phenoxy) is 1. The number of nitrogens with one attached hydrogen (secondary N) is 1. The number of carbonyl (C=O) groups is 1. The summed E-state index contributed by atoms with van der Waals surface area (Å²) in [7, 11) is 2.02. The van der Waals surface area contributed by atoms with Crippen molar-refractivity contribution in [2.45, 2.75) is 31.5 Å². The van der Waals surface area contributed by atoms with Gasteiger partial charge in [-0.15, -0.1) is 0 Å². The first-order valence-corrected chi connectivity index (χ1v) is 5.92. The Morgan fingerprint density at radius 1 is 1.56 bits per heavy atom. The number of hydrogen-bond donors (Lipinski definition) is 2. The van der Waals surface area contributed by atoms with Crippen LogP contribution in [0.15, 0.2) is 0 Å². The zero-order chi connectivity index (χ0) is 11.7. The molecule has 2 aliphatic heterocycles. The van der Waals surface area contributed by atoms with Crippen molar-refractivity contribution in [2.75, 3.05) is 26.7 Å². The molecule has 2 heterocycles. The summed E-state index contributed by atoms with van der Waals surface area (Å²) in [6.07, 6.45) is 0.0797. The van der Waals surface area contributed by atoms with Crippen molar-refractivity contribution in [1.29, 1.82) is 0 Å². The molecule has 16 heavy (non-hydrogen) atoms. The molecular formula is C11H20N2O3. The highest BCUT2D eigenvalue weighted by molar-refractivity contribution is 5.74. The second kappa shape index (κ2) is 4.69. The molecule has 2 saturated heterocycles. The molecule has 2 rings (SSSR count). The number of aliphatic hydroxyl groups is 1. The fourth-order valence-electron chi connectivity index (χ4n) is 2.82. The minimum Gasteiger partial charge on any atom is -0.466 e. The highest BCUT2D eigenvalue weighted by Crippen LogP contribution is 2.30. The predicted octanol–water partition coefficient (Wildman–Crippen LogP) is -0.797. The van der Waals surface area contributed by atoms with E-state index in [0.717, 1.165) is 13.1 Å². The number of rotatable bonds is 2. The van der Waals surface area contributed by atoms with Gasteiger partial charge in [0.15, 0.2) is 0 Å². The molecule has 0 radical (unpaired) electrons. The molecule has 2 N–H and O–H groups in total. The van der Waals surface area contributed by atoms with Gasteiger partial charge in [0.05, 0.1) is 18.6 Å². The second-order valence-corrected chi connectivity index (χ2v) is 4.63. The summed E-state index contributed by atoms with van der Waals surface area (Å²) >= 11 is 0. The molecule has 4 unspecified atom stereocenters. The van der Waals surface area contributed by atoms with Gasteiger partial charge in [0.2, 0.25) is 0 Å². The standard InChI is InChI=1S/C11H20N2O3/c1-3-16-11(15)10-8-6-12-5-7(13(8)2)4-9(10)14/h7-10,12,14H,3-6H2,1-2H3. The number of nitrogens with zero attached hydrogens (tertiary/aromatic N) is 1. The highest BCUT2D eigenvalue weighted by atomic mass is 16.5. The number of carbonyl (C=O) groups excluding carboxylic acids is 1. The lowest BCUT2D eigenvalue weighted by molar-refractivity contribution is -0.162. The minimum atomic E-state index is -0.563. The summed E-state index contributed by atoms with van der Waals surface area (Å²) in [4.78, 5) is 14.0. The smallest absolute Gasteiger partial charge is 0.313 e. The zero-order valence-corrected chi connectivity index (χ0v) is 9.85. The topological polar surface area (TPSA) is 61.8 Å². The maximum Gasteiger partial charge on any atom is 0.313 e. The molecule has 2 fully saturated rings. The van der Waals surface area contributed by atoms with Crippen LogP contribution in [0.2, 0.25) is 0 Å². The van der Waals surface area contributed by atoms with Gasteiger partial charge in [-0.1, -0.05) is 0 Å². The van der Waals surface area contributed by atoms with Crippen molar-refractivity contribution in [3.8, 4) is 0 Å². The quantitative estimate of drug-likeness (QED) is 0.606. The molecule has 0 spiro atoms. The first-order valence-electron chi connectivity index (χ1n) is 5.92. The zero-order valence-electron chi connectivity index (χ0n) is 9.85. The first kappa shape index (κ1) is 11.8. The van der Waals surface area contributed by atoms with E-state index in [-0.39, 0.29) is 12.0 Å². The van der Waals surface area contributed by atoms with E-state index in [2.05, 4.69) is 10.2 Å². The van der Waals surface area contributed by atoms with Gasteiger partial charge >= 0.3 is 5.97 Å². The molecule has 0 amide bonds. The van der Waals surface area contributed by atoms with Crippen LogP contribution in [-0.2, 0) is 9.53 Å². The van der Waals surface area contributed by atoms with Crippen molar-refractivity contribution < 1.29 is 14.6 Å². The van der Waals surface area contributed by atoms with Crippen LogP contribution in [-0.4, -0.2) is 60.9 Å². The maximum atomic E-state index is 11.8. The van der Waals surface area contributed by atoms with Gasteiger partial charge < -0.3 is 15.2 Å². The van der Waals surface area contributed by atoms with Crippen molar-refractivity contribution in [1.82, 2.24) is 10.2 Å². The molecule has 4 atom stereocenters. The van der Waals surface area contributed by atoms with Crippen LogP contribution in [0.1, 0.15) is 13.3 Å². The Balaban J connectivity index is 2.13. The van der Waals surface area contributed by atoms with E-state index in [1.807, 2.05) is 7.05 Å². The van der Waals surface area contributed by atoms with E-state index < -0.39 is 12.0 Å². The Kier molecular flexibility index (Phi) is 3.47. The van der Waals surface area contributed by atoms with Gasteiger partial charge in [-0.05, 0) is 20.4 Å². The van der Waals surface area contributed by atoms with Crippen molar-refractivity contribution in [2.24, 2.45) is 5.92 Å². The van der Waals surface area contributed by atoms with Crippen LogP contribution in [0, 0.1) is 5.92 Å². The third kappa shape index (κ3) is 1.95. The van der Waals surface area contributed by atoms with Crippen LogP contribution >= 0.6 is 0 Å². The highest BCUT2D eigenvalue weighted by Gasteiger charge is 2.46. The number of piperidine rings is 1. The third-order valence-corrected chi connectivity index (χ3v) is 3.73. The minimum absolute atomic E-state index is 0.0570. The van der Waals surface area contributed by atoms with Crippen LogP contribution in [0.4, 0.5) is 0 Å². The fraction of sp³-hybridized carbons (Fsp3) is 0.909. The molecule has 2 bridgehead atoms. The normalized spacial score (nSPS) is 39.4. The summed E-state index contributed by atoms with van der Waals surface area (Å²) in [6, 6.07) is 0.390. The Hall–Kier alpha value is -0.650. The van der Waals surface area contributed by atoms with Gasteiger partial charge in [0.25, 0.3) is 0 Å². The molecule has 0 aromatic heterocycles. The van der Waals surface area contributed by atoms with E-state index in [1.54, 1.807) is 6.92 Å². The molecule has 0 aromatic rings. The van der Waals surface area contributed by atoms with E-state index in [4.69, 9.17) is 4.74 Å². The molecule has 2 aliphatic rings. The SMILES string of the molecule is CCOC(=O)C1C(O)CC2CNCC1N2C. The van der Waals surface area contributed by atoms with E-state index in [0.29, 0.717) is 19.1 Å². The Labute approximate surface area is 95.8 Å². The largest absolute Gasteiger partial charge is 0.466 e. The van der Waals surface area contributed by atoms with Gasteiger partial charge in [-0.2, -0.15) is 0 Å². The monoisotopic (exact) mass is 228 g/mol. The number of likely N-dealkylation sites (N-methyl/N-ethyl adjacent to an activating group) is 1. The summed E-state index contributed by atoms with van der Waals surface area (Å²) < 4.78 is 5.04. The molecule has 5 heteroatoms. The van der Waals surface area contributed by atoms with E-state index >= 15 is 0 Å². The third-order valence-electron chi connectivity index (χ3n) is 3.73. The van der Waals surface area contributed by atoms with E-state index in [1.165, 1.54) is 0 Å². The number of fused-ring (bicyclic) bond motifs is 2. The number of hydrogen-bond acceptors (Lipinski definition) is 5. The first-order chi connectivity index (χ1) is 7.65. The lowest BCUT2D eigenvalue weighted by Gasteiger charge is -2.49. The summed E-state index contributed by atoms with van der Waals surface area (Å²) in [5, 5.41) is 13.3. The predicted molar refractivity (Wildman–Crippen MR) is 59.0 cm³/mol. The molecule has 92 valence electrons. The number of aliphatic hydroxyl groups excluding tert-OH is 1. The Bertz CT molecular complexity index is 272. The summed E-state index contributed by atoms with van der Waals surface area (Å²) in [5.74, 6) is -0.678. The van der Waals surface area contributed by atoms with Crippen LogP contribution < -0.4 is 5.32 Å². The van der Waals surface area contributed by atoms with Gasteiger partial charge in [0.1, 0.15) is 0 Å². The van der Waals surface area contributed by atoms with Crippen molar-refractivity contribution >= 4 is 5.97 Å². The van der Waals surface area contributed by atoms with Gasteiger partial charge in [-0.25, -0.2) is 0 Å². The van der Waals surface area contributed by atoms with Crippen LogP contribution in [0.25, 0.3) is 0 Å². The average molecular weight is 228 g/mol. The van der Waals surface area contributed by atoms with E-state index in [9.17, 15) is 9.90 Å². The lowest BCUT2D eigenvalue weighted by Crippen LogP contribution is -2.66. The number of esters is 1. The van der Waals surface area contributed by atoms with Gasteiger partial charge in [-0.3, -0.25) is 9.69 Å². The lowest BCUT2D eigenvalue weighted by atomic mass is 9.81.